The first kappa shape index (κ1) is 10.2. The summed E-state index contributed by atoms with van der Waals surface area (Å²) >= 11 is 0. The lowest BCUT2D eigenvalue weighted by molar-refractivity contribution is 0.507. The zero-order valence-electron chi connectivity index (χ0n) is 8.13. The third-order valence-corrected chi connectivity index (χ3v) is 2.00. The van der Waals surface area contributed by atoms with Crippen molar-refractivity contribution in [2.24, 2.45) is 11.7 Å². The normalized spacial score (nSPS) is 13.3. The van der Waals surface area contributed by atoms with E-state index >= 15 is 0 Å². The minimum Gasteiger partial charge on any atom is -0.324 e. The van der Waals surface area contributed by atoms with E-state index in [1.165, 1.54) is 12.1 Å². The van der Waals surface area contributed by atoms with Crippen LogP contribution in [0.4, 0.5) is 4.39 Å². The van der Waals surface area contributed by atoms with Crippen LogP contribution in [-0.4, -0.2) is 0 Å². The van der Waals surface area contributed by atoms with Crippen molar-refractivity contribution in [2.75, 3.05) is 0 Å². The minimum absolute atomic E-state index is 0.0456. The number of hydrogen-bond acceptors (Lipinski definition) is 1. The molecule has 0 aliphatic rings. The van der Waals surface area contributed by atoms with Gasteiger partial charge in [-0.25, -0.2) is 4.39 Å². The van der Waals surface area contributed by atoms with Gasteiger partial charge in [-0.3, -0.25) is 0 Å². The van der Waals surface area contributed by atoms with E-state index < -0.39 is 0 Å². The van der Waals surface area contributed by atoms with Crippen LogP contribution in [0.25, 0.3) is 0 Å². The Hall–Kier alpha value is -0.890. The van der Waals surface area contributed by atoms with Crippen LogP contribution < -0.4 is 5.73 Å². The summed E-state index contributed by atoms with van der Waals surface area (Å²) in [7, 11) is 0. The molecule has 0 unspecified atom stereocenters. The van der Waals surface area contributed by atoms with Crippen LogP contribution >= 0.6 is 0 Å². The molecule has 0 aliphatic heterocycles. The van der Waals surface area contributed by atoms with E-state index in [-0.39, 0.29) is 11.9 Å². The van der Waals surface area contributed by atoms with Crippen LogP contribution in [0.1, 0.15) is 31.9 Å². The molecule has 0 heterocycles. The molecule has 1 aromatic carbocycles. The van der Waals surface area contributed by atoms with Crippen molar-refractivity contribution in [1.82, 2.24) is 0 Å². The molecule has 2 N–H and O–H groups in total. The molecule has 0 aliphatic carbocycles. The van der Waals surface area contributed by atoms with Crippen molar-refractivity contribution >= 4 is 0 Å². The third-order valence-electron chi connectivity index (χ3n) is 2.00. The van der Waals surface area contributed by atoms with Gasteiger partial charge in [0.2, 0.25) is 0 Å². The molecule has 72 valence electrons. The summed E-state index contributed by atoms with van der Waals surface area (Å²) in [6, 6.07) is 6.47. The first-order valence-electron chi connectivity index (χ1n) is 4.60. The first-order valence-corrected chi connectivity index (χ1v) is 4.60. The highest BCUT2D eigenvalue weighted by atomic mass is 19.1. The maximum Gasteiger partial charge on any atom is 0.123 e. The monoisotopic (exact) mass is 181 g/mol. The second kappa shape index (κ2) is 4.38. The largest absolute Gasteiger partial charge is 0.324 e. The van der Waals surface area contributed by atoms with Gasteiger partial charge in [0.05, 0.1) is 0 Å². The van der Waals surface area contributed by atoms with Crippen LogP contribution in [0.5, 0.6) is 0 Å². The van der Waals surface area contributed by atoms with E-state index in [1.54, 1.807) is 6.07 Å². The molecule has 1 atom stereocenters. The predicted molar refractivity (Wildman–Crippen MR) is 52.8 cm³/mol. The summed E-state index contributed by atoms with van der Waals surface area (Å²) in [5, 5.41) is 0. The molecule has 0 bridgehead atoms. The molecule has 2 heteroatoms. The zero-order valence-corrected chi connectivity index (χ0v) is 8.13. The topological polar surface area (TPSA) is 26.0 Å². The average molecular weight is 181 g/mol. The average Bonchev–Trinajstić information content (AvgIpc) is 2.03. The fourth-order valence-electron chi connectivity index (χ4n) is 1.38. The molecule has 13 heavy (non-hydrogen) atoms. The number of halogens is 1. The molecule has 1 aromatic rings. The summed E-state index contributed by atoms with van der Waals surface area (Å²) in [5.74, 6) is 0.329. The van der Waals surface area contributed by atoms with Gasteiger partial charge in [-0.15, -0.1) is 0 Å². The van der Waals surface area contributed by atoms with Gasteiger partial charge in [0.1, 0.15) is 5.82 Å². The minimum atomic E-state index is -0.211. The van der Waals surface area contributed by atoms with Crippen LogP contribution in [0.15, 0.2) is 24.3 Å². The van der Waals surface area contributed by atoms with Crippen LogP contribution in [0, 0.1) is 11.7 Å². The molecule has 0 aromatic heterocycles. The number of rotatable bonds is 3. The van der Waals surface area contributed by atoms with Gasteiger partial charge in [0.25, 0.3) is 0 Å². The van der Waals surface area contributed by atoms with Gasteiger partial charge in [0.15, 0.2) is 0 Å². The van der Waals surface area contributed by atoms with Gasteiger partial charge < -0.3 is 5.73 Å². The summed E-state index contributed by atoms with van der Waals surface area (Å²) < 4.78 is 12.8. The fraction of sp³-hybridized carbons (Fsp3) is 0.455. The summed E-state index contributed by atoms with van der Waals surface area (Å²) in [4.78, 5) is 0. The van der Waals surface area contributed by atoms with Crippen LogP contribution in [0.2, 0.25) is 0 Å². The molecule has 0 saturated heterocycles. The molecular formula is C11H16FN. The molecule has 0 fully saturated rings. The van der Waals surface area contributed by atoms with Gasteiger partial charge in [-0.2, -0.15) is 0 Å². The van der Waals surface area contributed by atoms with E-state index in [0.717, 1.165) is 12.0 Å². The Kier molecular flexibility index (Phi) is 3.43. The lowest BCUT2D eigenvalue weighted by atomic mass is 9.98. The van der Waals surface area contributed by atoms with E-state index in [4.69, 9.17) is 5.73 Å². The van der Waals surface area contributed by atoms with Crippen molar-refractivity contribution in [3.8, 4) is 0 Å². The second-order valence-corrected chi connectivity index (χ2v) is 3.79. The first-order chi connectivity index (χ1) is 6.09. The maximum absolute atomic E-state index is 12.8. The third kappa shape index (κ3) is 3.15. The van der Waals surface area contributed by atoms with Crippen LogP contribution in [-0.2, 0) is 0 Å². The standard InChI is InChI=1S/C11H16FN/c1-8(2)6-11(13)9-4-3-5-10(12)7-9/h3-5,7-8,11H,6,13H2,1-2H3/t11-/m0/s1. The van der Waals surface area contributed by atoms with Crippen molar-refractivity contribution in [3.05, 3.63) is 35.6 Å². The number of nitrogens with two attached hydrogens (primary N) is 1. The molecule has 1 nitrogen and oxygen atoms in total. The summed E-state index contributed by atoms with van der Waals surface area (Å²) in [6.07, 6.45) is 0.892. The Morgan fingerprint density at radius 2 is 2.08 bits per heavy atom. The van der Waals surface area contributed by atoms with Gasteiger partial charge in [-0.1, -0.05) is 26.0 Å². The predicted octanol–water partition coefficient (Wildman–Crippen LogP) is 2.87. The Balaban J connectivity index is 2.71. The molecule has 0 saturated carbocycles. The van der Waals surface area contributed by atoms with Crippen molar-refractivity contribution in [1.29, 1.82) is 0 Å². The Morgan fingerprint density at radius 1 is 1.38 bits per heavy atom. The second-order valence-electron chi connectivity index (χ2n) is 3.79. The summed E-state index contributed by atoms with van der Waals surface area (Å²) in [6.45, 7) is 4.22. The molecular weight excluding hydrogens is 165 g/mol. The highest BCUT2D eigenvalue weighted by Crippen LogP contribution is 2.18. The lowest BCUT2D eigenvalue weighted by Gasteiger charge is -2.14. The van der Waals surface area contributed by atoms with Gasteiger partial charge in [0, 0.05) is 6.04 Å². The Bertz CT molecular complexity index is 271. The SMILES string of the molecule is CC(C)C[C@H](N)c1cccc(F)c1. The van der Waals surface area contributed by atoms with E-state index in [0.29, 0.717) is 5.92 Å². The maximum atomic E-state index is 12.8. The quantitative estimate of drug-likeness (QED) is 0.762. The highest BCUT2D eigenvalue weighted by Gasteiger charge is 2.08. The van der Waals surface area contributed by atoms with Gasteiger partial charge >= 0.3 is 0 Å². The Labute approximate surface area is 78.8 Å². The fourth-order valence-corrected chi connectivity index (χ4v) is 1.38. The van der Waals surface area contributed by atoms with E-state index in [2.05, 4.69) is 13.8 Å². The van der Waals surface area contributed by atoms with E-state index in [1.807, 2.05) is 6.07 Å². The highest BCUT2D eigenvalue weighted by molar-refractivity contribution is 5.19. The summed E-state index contributed by atoms with van der Waals surface area (Å²) in [5.41, 5.74) is 6.78. The number of benzene rings is 1. The van der Waals surface area contributed by atoms with Crippen LogP contribution in [0.3, 0.4) is 0 Å². The number of hydrogen-bond donors (Lipinski definition) is 1. The molecule has 0 radical (unpaired) electrons. The van der Waals surface area contributed by atoms with Crippen molar-refractivity contribution in [3.63, 3.8) is 0 Å². The Morgan fingerprint density at radius 3 is 2.62 bits per heavy atom. The van der Waals surface area contributed by atoms with Crippen molar-refractivity contribution < 1.29 is 4.39 Å². The molecule has 0 spiro atoms. The van der Waals surface area contributed by atoms with Gasteiger partial charge in [-0.05, 0) is 30.0 Å². The van der Waals surface area contributed by atoms with Crippen molar-refractivity contribution in [2.45, 2.75) is 26.3 Å². The molecule has 1 rings (SSSR count). The smallest absolute Gasteiger partial charge is 0.123 e. The lowest BCUT2D eigenvalue weighted by Crippen LogP contribution is -2.12. The van der Waals surface area contributed by atoms with E-state index in [9.17, 15) is 4.39 Å². The molecule has 0 amide bonds. The zero-order chi connectivity index (χ0) is 9.84.